The number of anilines is 1. The number of thiocarbonyl (C=S) groups is 1. The van der Waals surface area contributed by atoms with Gasteiger partial charge in [-0.15, -0.1) is 0 Å². The fraction of sp³-hybridized carbons (Fsp3) is 0.263. The van der Waals surface area contributed by atoms with Crippen LogP contribution in [0.3, 0.4) is 0 Å². The van der Waals surface area contributed by atoms with Gasteiger partial charge >= 0.3 is 6.18 Å². The molecular weight excluding hydrogens is 411 g/mol. The number of carbonyl (C=O) groups excluding carboxylic acids is 1. The van der Waals surface area contributed by atoms with Gasteiger partial charge in [-0.1, -0.05) is 29.8 Å². The van der Waals surface area contributed by atoms with E-state index in [4.69, 9.17) is 23.8 Å². The zero-order valence-electron chi connectivity index (χ0n) is 14.7. The van der Waals surface area contributed by atoms with Crippen LogP contribution in [0.2, 0.25) is 5.02 Å². The van der Waals surface area contributed by atoms with Gasteiger partial charge in [0.1, 0.15) is 0 Å². The highest BCUT2D eigenvalue weighted by Crippen LogP contribution is 2.32. The van der Waals surface area contributed by atoms with Crippen molar-refractivity contribution in [1.29, 1.82) is 0 Å². The van der Waals surface area contributed by atoms with Gasteiger partial charge in [-0.2, -0.15) is 13.2 Å². The van der Waals surface area contributed by atoms with Gasteiger partial charge in [0.15, 0.2) is 5.11 Å². The largest absolute Gasteiger partial charge is 0.417 e. The minimum Gasteiger partial charge on any atom is -0.345 e. The summed E-state index contributed by atoms with van der Waals surface area (Å²) in [6.07, 6.45) is -4.57. The van der Waals surface area contributed by atoms with Gasteiger partial charge in [0.05, 0.1) is 11.1 Å². The number of hydrogen-bond acceptors (Lipinski definition) is 2. The maximum Gasteiger partial charge on any atom is 0.417 e. The molecular formula is C19H17ClF3N3OS. The Bertz CT molecular complexity index is 883. The van der Waals surface area contributed by atoms with E-state index in [0.717, 1.165) is 11.8 Å². The summed E-state index contributed by atoms with van der Waals surface area (Å²) in [5, 5.41) is 4.13. The van der Waals surface area contributed by atoms with Crippen LogP contribution in [0.25, 0.3) is 0 Å². The fourth-order valence-electron chi connectivity index (χ4n) is 2.97. The first-order chi connectivity index (χ1) is 13.3. The molecule has 0 aromatic heterocycles. The maximum atomic E-state index is 13.2. The third-order valence-electron chi connectivity index (χ3n) is 4.39. The molecule has 0 spiro atoms. The summed E-state index contributed by atoms with van der Waals surface area (Å²) in [4.78, 5) is 15.9. The minimum absolute atomic E-state index is 0.280. The third-order valence-corrected chi connectivity index (χ3v) is 4.99. The van der Waals surface area contributed by atoms with Crippen LogP contribution in [0.1, 0.15) is 15.9 Å². The van der Waals surface area contributed by atoms with Crippen LogP contribution in [0.5, 0.6) is 0 Å². The number of halogens is 4. The number of rotatable bonds is 2. The third kappa shape index (κ3) is 4.74. The molecule has 1 aliphatic rings. The lowest BCUT2D eigenvalue weighted by molar-refractivity contribution is -0.138. The summed E-state index contributed by atoms with van der Waals surface area (Å²) in [5.74, 6) is -0.624. The molecule has 2 aromatic carbocycles. The number of nitrogens with one attached hydrogen (secondary N) is 1. The molecule has 2 aromatic rings. The second-order valence-electron chi connectivity index (χ2n) is 6.26. The number of piperazine rings is 1. The lowest BCUT2D eigenvalue weighted by atomic mass is 10.1. The molecule has 1 fully saturated rings. The van der Waals surface area contributed by atoms with Crippen molar-refractivity contribution < 1.29 is 18.0 Å². The van der Waals surface area contributed by atoms with Gasteiger partial charge in [0.25, 0.3) is 5.91 Å². The molecule has 28 heavy (non-hydrogen) atoms. The summed E-state index contributed by atoms with van der Waals surface area (Å²) in [6, 6.07) is 11.9. The predicted octanol–water partition coefficient (Wildman–Crippen LogP) is 4.51. The zero-order valence-corrected chi connectivity index (χ0v) is 16.2. The highest BCUT2D eigenvalue weighted by atomic mass is 35.5. The molecule has 1 aliphatic heterocycles. The molecule has 0 atom stereocenters. The van der Waals surface area contributed by atoms with Gasteiger partial charge in [0, 0.05) is 36.9 Å². The second-order valence-corrected chi connectivity index (χ2v) is 7.09. The average molecular weight is 428 g/mol. The summed E-state index contributed by atoms with van der Waals surface area (Å²) in [7, 11) is 0. The van der Waals surface area contributed by atoms with Crippen molar-refractivity contribution in [1.82, 2.24) is 9.80 Å². The predicted molar refractivity (Wildman–Crippen MR) is 107 cm³/mol. The Labute approximate surface area is 170 Å². The number of hydrogen-bond donors (Lipinski definition) is 1. The van der Waals surface area contributed by atoms with E-state index in [9.17, 15) is 18.0 Å². The lowest BCUT2D eigenvalue weighted by Gasteiger charge is -2.36. The lowest BCUT2D eigenvalue weighted by Crippen LogP contribution is -2.51. The first-order valence-corrected chi connectivity index (χ1v) is 9.31. The molecule has 4 nitrogen and oxygen atoms in total. The topological polar surface area (TPSA) is 35.6 Å². The molecule has 9 heteroatoms. The fourth-order valence-corrected chi connectivity index (χ4v) is 3.46. The van der Waals surface area contributed by atoms with Gasteiger partial charge < -0.3 is 15.1 Å². The van der Waals surface area contributed by atoms with Gasteiger partial charge in [0.2, 0.25) is 0 Å². The van der Waals surface area contributed by atoms with Crippen LogP contribution < -0.4 is 5.32 Å². The molecule has 1 saturated heterocycles. The van der Waals surface area contributed by atoms with Crippen LogP contribution in [-0.4, -0.2) is 47.0 Å². The molecule has 0 bridgehead atoms. The summed E-state index contributed by atoms with van der Waals surface area (Å²) < 4.78 is 39.5. The summed E-state index contributed by atoms with van der Waals surface area (Å²) >= 11 is 11.3. The number of carbonyl (C=O) groups is 1. The zero-order chi connectivity index (χ0) is 20.3. The molecule has 0 unspecified atom stereocenters. The molecule has 1 heterocycles. The highest BCUT2D eigenvalue weighted by molar-refractivity contribution is 7.80. The summed E-state index contributed by atoms with van der Waals surface area (Å²) in [6.45, 7) is 1.41. The van der Waals surface area contributed by atoms with Crippen LogP contribution >= 0.6 is 23.8 Å². The highest BCUT2D eigenvalue weighted by Gasteiger charge is 2.36. The molecule has 0 radical (unpaired) electrons. The van der Waals surface area contributed by atoms with Crippen LogP contribution in [-0.2, 0) is 6.18 Å². The number of alkyl halides is 3. The Morgan fingerprint density at radius 1 is 1.00 bits per heavy atom. The Hall–Kier alpha value is -2.32. The van der Waals surface area contributed by atoms with E-state index in [2.05, 4.69) is 5.32 Å². The number of amides is 1. The molecule has 0 saturated carbocycles. The van der Waals surface area contributed by atoms with E-state index in [1.54, 1.807) is 18.2 Å². The molecule has 148 valence electrons. The molecule has 1 N–H and O–H groups in total. The number of benzene rings is 2. The minimum atomic E-state index is -4.57. The van der Waals surface area contributed by atoms with Crippen LogP contribution in [0.15, 0.2) is 48.5 Å². The SMILES string of the molecule is O=C(c1ccccc1C(F)(F)F)N1CCN(C(=S)Nc2cccc(Cl)c2)CC1. The van der Waals surface area contributed by atoms with E-state index < -0.39 is 17.6 Å². The van der Waals surface area contributed by atoms with Crippen LogP contribution in [0, 0.1) is 0 Å². The first kappa shape index (κ1) is 20.4. The van der Waals surface area contributed by atoms with Crippen molar-refractivity contribution in [3.63, 3.8) is 0 Å². The quantitative estimate of drug-likeness (QED) is 0.715. The van der Waals surface area contributed by atoms with Gasteiger partial charge in [-0.05, 0) is 42.5 Å². The van der Waals surface area contributed by atoms with E-state index in [-0.39, 0.29) is 18.7 Å². The smallest absolute Gasteiger partial charge is 0.345 e. The Morgan fingerprint density at radius 3 is 2.29 bits per heavy atom. The van der Waals surface area contributed by atoms with Crippen molar-refractivity contribution in [2.24, 2.45) is 0 Å². The van der Waals surface area contributed by atoms with Crippen molar-refractivity contribution >= 4 is 40.5 Å². The van der Waals surface area contributed by atoms with Gasteiger partial charge in [-0.3, -0.25) is 4.79 Å². The van der Waals surface area contributed by atoms with Crippen molar-refractivity contribution in [2.45, 2.75) is 6.18 Å². The Kier molecular flexibility index (Phi) is 6.10. The average Bonchev–Trinajstić information content (AvgIpc) is 2.67. The van der Waals surface area contributed by atoms with E-state index in [0.29, 0.717) is 23.2 Å². The molecule has 3 rings (SSSR count). The van der Waals surface area contributed by atoms with Crippen LogP contribution in [0.4, 0.5) is 18.9 Å². The normalized spacial score (nSPS) is 14.7. The van der Waals surface area contributed by atoms with E-state index in [1.165, 1.54) is 23.1 Å². The van der Waals surface area contributed by atoms with Crippen molar-refractivity contribution in [2.75, 3.05) is 31.5 Å². The second kappa shape index (κ2) is 8.36. The monoisotopic (exact) mass is 427 g/mol. The number of nitrogens with zero attached hydrogens (tertiary/aromatic N) is 2. The Morgan fingerprint density at radius 2 is 1.64 bits per heavy atom. The summed E-state index contributed by atoms with van der Waals surface area (Å²) in [5.41, 5.74) is -0.501. The van der Waals surface area contributed by atoms with E-state index >= 15 is 0 Å². The van der Waals surface area contributed by atoms with E-state index in [1.807, 2.05) is 11.0 Å². The molecule has 1 amide bonds. The van der Waals surface area contributed by atoms with Gasteiger partial charge in [-0.25, -0.2) is 0 Å². The molecule has 0 aliphatic carbocycles. The maximum absolute atomic E-state index is 13.2. The van der Waals surface area contributed by atoms with Crippen molar-refractivity contribution in [3.05, 3.63) is 64.7 Å². The first-order valence-electron chi connectivity index (χ1n) is 8.53. The Balaban J connectivity index is 1.63. The standard InChI is InChI=1S/C19H17ClF3N3OS/c20-13-4-3-5-14(12-13)24-18(28)26-10-8-25(9-11-26)17(27)15-6-1-2-7-16(15)19(21,22)23/h1-7,12H,8-11H2,(H,24,28). The van der Waals surface area contributed by atoms with Crippen molar-refractivity contribution in [3.8, 4) is 0 Å².